The number of aromatic amines is 1. The van der Waals surface area contributed by atoms with E-state index in [1.165, 1.54) is 12.8 Å². The molecule has 2 aromatic heterocycles. The zero-order chi connectivity index (χ0) is 18.1. The van der Waals surface area contributed by atoms with Crippen LogP contribution >= 0.6 is 0 Å². The Morgan fingerprint density at radius 3 is 2.54 bits per heavy atom. The molecule has 0 bridgehead atoms. The first-order valence-corrected chi connectivity index (χ1v) is 9.44. The Balaban J connectivity index is 1.60. The van der Waals surface area contributed by atoms with Crippen LogP contribution in [-0.2, 0) is 4.74 Å². The number of hydrogen-bond donors (Lipinski definition) is 1. The molecule has 4 heterocycles. The van der Waals surface area contributed by atoms with Crippen LogP contribution in [0.25, 0.3) is 11.0 Å². The van der Waals surface area contributed by atoms with E-state index in [-0.39, 0.29) is 6.09 Å². The topological polar surface area (TPSA) is 77.6 Å². The number of anilines is 2. The number of aryl methyl sites for hydroxylation is 1. The van der Waals surface area contributed by atoms with Gasteiger partial charge in [0, 0.05) is 45.0 Å². The Hall–Kier alpha value is -2.51. The average Bonchev–Trinajstić information content (AvgIpc) is 3.30. The lowest BCUT2D eigenvalue weighted by molar-refractivity contribution is 0.105. The Morgan fingerprint density at radius 2 is 1.85 bits per heavy atom. The normalized spacial score (nSPS) is 18.0. The average molecular weight is 358 g/mol. The number of rotatable bonds is 3. The molecular weight excluding hydrogens is 332 g/mol. The van der Waals surface area contributed by atoms with E-state index in [0.717, 1.165) is 54.7 Å². The number of H-pyrrole nitrogens is 1. The van der Waals surface area contributed by atoms with Gasteiger partial charge >= 0.3 is 6.09 Å². The molecule has 8 nitrogen and oxygen atoms in total. The molecule has 0 spiro atoms. The van der Waals surface area contributed by atoms with Crippen molar-refractivity contribution in [2.24, 2.45) is 0 Å². The van der Waals surface area contributed by atoms with Crippen molar-refractivity contribution >= 4 is 28.9 Å². The molecule has 2 aromatic rings. The highest BCUT2D eigenvalue weighted by molar-refractivity contribution is 5.89. The quantitative estimate of drug-likeness (QED) is 0.906. The first-order chi connectivity index (χ1) is 12.7. The number of nitrogens with one attached hydrogen (secondary N) is 1. The lowest BCUT2D eigenvalue weighted by atomic mass is 10.2. The van der Waals surface area contributed by atoms with Gasteiger partial charge in [-0.1, -0.05) is 0 Å². The van der Waals surface area contributed by atoms with Crippen LogP contribution in [0.3, 0.4) is 0 Å². The zero-order valence-electron chi connectivity index (χ0n) is 15.5. The zero-order valence-corrected chi connectivity index (χ0v) is 15.5. The third-order valence-corrected chi connectivity index (χ3v) is 5.08. The van der Waals surface area contributed by atoms with E-state index in [0.29, 0.717) is 19.7 Å². The standard InChI is InChI=1S/C18H26N6O2/c1-3-26-18(25)24-10-8-22(9-11-24)16-14-12-13(2)19-15(14)20-17(21-16)23-6-4-5-7-23/h12H,3-11H2,1-2H3,(H,19,20,21). The van der Waals surface area contributed by atoms with Gasteiger partial charge in [-0.05, 0) is 32.8 Å². The van der Waals surface area contributed by atoms with Crippen LogP contribution in [0.5, 0.6) is 0 Å². The molecule has 0 aromatic carbocycles. The van der Waals surface area contributed by atoms with E-state index in [9.17, 15) is 4.79 Å². The fourth-order valence-corrected chi connectivity index (χ4v) is 3.73. The number of aromatic nitrogens is 3. The second-order valence-electron chi connectivity index (χ2n) is 6.93. The van der Waals surface area contributed by atoms with Gasteiger partial charge in [0.15, 0.2) is 0 Å². The third kappa shape index (κ3) is 3.15. The van der Waals surface area contributed by atoms with Crippen molar-refractivity contribution in [2.45, 2.75) is 26.7 Å². The lowest BCUT2D eigenvalue weighted by Crippen LogP contribution is -2.49. The number of ether oxygens (including phenoxy) is 1. The second-order valence-corrected chi connectivity index (χ2v) is 6.93. The van der Waals surface area contributed by atoms with Crippen molar-refractivity contribution in [3.8, 4) is 0 Å². The molecular formula is C18H26N6O2. The highest BCUT2D eigenvalue weighted by atomic mass is 16.6. The maximum atomic E-state index is 11.9. The van der Waals surface area contributed by atoms with Gasteiger partial charge in [-0.15, -0.1) is 0 Å². The molecule has 4 rings (SSSR count). The molecule has 1 amide bonds. The van der Waals surface area contributed by atoms with Gasteiger partial charge in [-0.25, -0.2) is 4.79 Å². The number of fused-ring (bicyclic) bond motifs is 1. The smallest absolute Gasteiger partial charge is 0.409 e. The largest absolute Gasteiger partial charge is 0.450 e. The van der Waals surface area contributed by atoms with E-state index < -0.39 is 0 Å². The summed E-state index contributed by atoms with van der Waals surface area (Å²) >= 11 is 0. The van der Waals surface area contributed by atoms with Crippen LogP contribution in [0, 0.1) is 6.92 Å². The highest BCUT2D eigenvalue weighted by Crippen LogP contribution is 2.29. The molecule has 26 heavy (non-hydrogen) atoms. The van der Waals surface area contributed by atoms with Crippen LogP contribution in [0.2, 0.25) is 0 Å². The van der Waals surface area contributed by atoms with Crippen molar-refractivity contribution in [3.05, 3.63) is 11.8 Å². The minimum Gasteiger partial charge on any atom is -0.450 e. The summed E-state index contributed by atoms with van der Waals surface area (Å²) in [4.78, 5) is 31.2. The molecule has 2 aliphatic rings. The number of carbonyl (C=O) groups is 1. The van der Waals surface area contributed by atoms with Crippen LogP contribution in [0.1, 0.15) is 25.5 Å². The first-order valence-electron chi connectivity index (χ1n) is 9.44. The Labute approximate surface area is 153 Å². The number of piperazine rings is 1. The van der Waals surface area contributed by atoms with Crippen molar-refractivity contribution in [1.82, 2.24) is 19.9 Å². The lowest BCUT2D eigenvalue weighted by Gasteiger charge is -2.35. The fourth-order valence-electron chi connectivity index (χ4n) is 3.73. The van der Waals surface area contributed by atoms with Crippen LogP contribution < -0.4 is 9.80 Å². The summed E-state index contributed by atoms with van der Waals surface area (Å²) in [5.41, 5.74) is 1.97. The SMILES string of the molecule is CCOC(=O)N1CCN(c2nc(N3CCCC3)nc3[nH]c(C)cc23)CC1. The summed E-state index contributed by atoms with van der Waals surface area (Å²) in [5.74, 6) is 1.77. The summed E-state index contributed by atoms with van der Waals surface area (Å²) in [6.45, 7) is 9.10. The molecule has 8 heteroatoms. The van der Waals surface area contributed by atoms with Crippen molar-refractivity contribution < 1.29 is 9.53 Å². The Kier molecular flexibility index (Phi) is 4.57. The fraction of sp³-hybridized carbons (Fsp3) is 0.611. The van der Waals surface area contributed by atoms with Crippen molar-refractivity contribution in [3.63, 3.8) is 0 Å². The van der Waals surface area contributed by atoms with Gasteiger partial charge in [0.25, 0.3) is 0 Å². The molecule has 2 fully saturated rings. The summed E-state index contributed by atoms with van der Waals surface area (Å²) in [5, 5.41) is 1.05. The van der Waals surface area contributed by atoms with E-state index in [2.05, 4.69) is 20.9 Å². The molecule has 0 aliphatic carbocycles. The molecule has 0 radical (unpaired) electrons. The minimum atomic E-state index is -0.227. The number of nitrogens with zero attached hydrogens (tertiary/aromatic N) is 5. The maximum absolute atomic E-state index is 11.9. The van der Waals surface area contributed by atoms with Gasteiger partial charge in [0.2, 0.25) is 5.95 Å². The predicted octanol–water partition coefficient (Wildman–Crippen LogP) is 2.15. The molecule has 2 saturated heterocycles. The highest BCUT2D eigenvalue weighted by Gasteiger charge is 2.26. The number of hydrogen-bond acceptors (Lipinski definition) is 6. The van der Waals surface area contributed by atoms with Crippen molar-refractivity contribution in [1.29, 1.82) is 0 Å². The first kappa shape index (κ1) is 16.9. The van der Waals surface area contributed by atoms with Crippen LogP contribution in [0.15, 0.2) is 6.07 Å². The molecule has 1 N–H and O–H groups in total. The van der Waals surface area contributed by atoms with E-state index >= 15 is 0 Å². The maximum Gasteiger partial charge on any atom is 0.409 e. The van der Waals surface area contributed by atoms with Crippen molar-refractivity contribution in [2.75, 3.05) is 55.7 Å². The van der Waals surface area contributed by atoms with Crippen LogP contribution in [0.4, 0.5) is 16.6 Å². The van der Waals surface area contributed by atoms with Gasteiger partial charge in [0.05, 0.1) is 12.0 Å². The monoisotopic (exact) mass is 358 g/mol. The summed E-state index contributed by atoms with van der Waals surface area (Å²) < 4.78 is 5.11. The van der Waals surface area contributed by atoms with Gasteiger partial charge in [0.1, 0.15) is 11.5 Å². The van der Waals surface area contributed by atoms with E-state index in [4.69, 9.17) is 14.7 Å². The Morgan fingerprint density at radius 1 is 1.12 bits per heavy atom. The molecule has 0 atom stereocenters. The number of carbonyl (C=O) groups excluding carboxylic acids is 1. The molecule has 0 unspecified atom stereocenters. The molecule has 2 aliphatic heterocycles. The number of amides is 1. The van der Waals surface area contributed by atoms with Crippen LogP contribution in [-0.4, -0.2) is 71.8 Å². The molecule has 140 valence electrons. The summed E-state index contributed by atoms with van der Waals surface area (Å²) in [6, 6.07) is 2.11. The van der Waals surface area contributed by atoms with Gasteiger partial charge in [-0.3, -0.25) is 0 Å². The third-order valence-electron chi connectivity index (χ3n) is 5.08. The summed E-state index contributed by atoms with van der Waals surface area (Å²) in [6.07, 6.45) is 2.16. The molecule has 0 saturated carbocycles. The van der Waals surface area contributed by atoms with Gasteiger partial charge < -0.3 is 24.4 Å². The Bertz CT molecular complexity index is 790. The van der Waals surface area contributed by atoms with E-state index in [1.807, 2.05) is 13.8 Å². The predicted molar refractivity (Wildman–Crippen MR) is 101 cm³/mol. The summed E-state index contributed by atoms with van der Waals surface area (Å²) in [7, 11) is 0. The van der Waals surface area contributed by atoms with E-state index in [1.54, 1.807) is 4.90 Å². The van der Waals surface area contributed by atoms with Gasteiger partial charge in [-0.2, -0.15) is 9.97 Å². The minimum absolute atomic E-state index is 0.227. The second kappa shape index (κ2) is 7.01.